The Morgan fingerprint density at radius 2 is 1.67 bits per heavy atom. The van der Waals surface area contributed by atoms with Crippen LogP contribution in [0.1, 0.15) is 72.3 Å². The van der Waals surface area contributed by atoms with Crippen LogP contribution in [0, 0.1) is 0 Å². The fraction of sp³-hybridized carbons (Fsp3) is 0.441. The molecule has 3 aromatic rings. The Hall–Kier alpha value is -4.16. The van der Waals surface area contributed by atoms with Gasteiger partial charge in [0.15, 0.2) is 0 Å². The van der Waals surface area contributed by atoms with Gasteiger partial charge >= 0.3 is 0 Å². The van der Waals surface area contributed by atoms with Gasteiger partial charge in [-0.3, -0.25) is 19.1 Å². The molecule has 3 heterocycles. The molecule has 12 heteroatoms. The molecule has 242 valence electrons. The Morgan fingerprint density at radius 3 is 2.35 bits per heavy atom. The first-order valence-corrected chi connectivity index (χ1v) is 17.2. The third kappa shape index (κ3) is 5.47. The quantitative estimate of drug-likeness (QED) is 0.350. The molecule has 0 bridgehead atoms. The first-order valence-electron chi connectivity index (χ1n) is 16.0. The lowest BCUT2D eigenvalue weighted by atomic mass is 9.81. The monoisotopic (exact) mass is 646 g/mol. The van der Waals surface area contributed by atoms with Crippen molar-refractivity contribution >= 4 is 45.6 Å². The van der Waals surface area contributed by atoms with E-state index in [-0.39, 0.29) is 23.9 Å². The third-order valence-corrected chi connectivity index (χ3v) is 10.4. The molecule has 11 nitrogen and oxygen atoms in total. The molecule has 0 unspecified atom stereocenters. The number of nitrogens with one attached hydrogen (secondary N) is 1. The highest BCUT2D eigenvalue weighted by atomic mass is 32.2. The van der Waals surface area contributed by atoms with E-state index in [4.69, 9.17) is 4.74 Å². The lowest BCUT2D eigenvalue weighted by Crippen LogP contribution is -2.53. The standard InChI is InChI=1S/C34H38N4O7S/c1-45-25-8-10-26-23(18-25)17-24(32(40)36-13-15-37(16-14-36)33(41)34(42)11-12-34)20-38-28-19-22(31(39)35-46(43)44)7-9-27(28)29(30(26)38)21-5-3-2-4-6-21/h7-10,17-19,21,42,46H,2-6,11-16,20H2,1H3,(H,35,39,43,44). The molecule has 0 spiro atoms. The summed E-state index contributed by atoms with van der Waals surface area (Å²) in [5.74, 6) is -0.142. The highest BCUT2D eigenvalue weighted by molar-refractivity contribution is 7.71. The number of benzene rings is 2. The highest BCUT2D eigenvalue weighted by Gasteiger charge is 2.50. The number of amides is 3. The van der Waals surface area contributed by atoms with Gasteiger partial charge in [0.2, 0.25) is 10.9 Å². The molecule has 7 rings (SSSR count). The summed E-state index contributed by atoms with van der Waals surface area (Å²) < 4.78 is 32.3. The van der Waals surface area contributed by atoms with Gasteiger partial charge in [0.05, 0.1) is 19.3 Å². The average molecular weight is 647 g/mol. The smallest absolute Gasteiger partial charge is 0.264 e. The summed E-state index contributed by atoms with van der Waals surface area (Å²) in [5, 5.41) is 11.3. The van der Waals surface area contributed by atoms with Crippen LogP contribution in [0.25, 0.3) is 28.2 Å². The van der Waals surface area contributed by atoms with Gasteiger partial charge in [-0.1, -0.05) is 25.3 Å². The lowest BCUT2D eigenvalue weighted by Gasteiger charge is -2.36. The first kappa shape index (κ1) is 30.5. The molecule has 1 aromatic heterocycles. The van der Waals surface area contributed by atoms with Crippen molar-refractivity contribution in [3.63, 3.8) is 0 Å². The van der Waals surface area contributed by atoms with Crippen LogP contribution in [0.3, 0.4) is 0 Å². The molecule has 2 aromatic carbocycles. The van der Waals surface area contributed by atoms with E-state index in [0.717, 1.165) is 53.4 Å². The van der Waals surface area contributed by atoms with Crippen LogP contribution in [-0.2, 0) is 27.0 Å². The second-order valence-electron chi connectivity index (χ2n) is 12.9. The second kappa shape index (κ2) is 11.9. The molecule has 2 aliphatic carbocycles. The minimum atomic E-state index is -3.12. The van der Waals surface area contributed by atoms with Crippen LogP contribution < -0.4 is 9.46 Å². The van der Waals surface area contributed by atoms with Crippen molar-refractivity contribution in [3.05, 3.63) is 58.7 Å². The van der Waals surface area contributed by atoms with Crippen LogP contribution in [0.15, 0.2) is 42.0 Å². The Morgan fingerprint density at radius 1 is 0.957 bits per heavy atom. The van der Waals surface area contributed by atoms with E-state index in [0.29, 0.717) is 56.3 Å². The van der Waals surface area contributed by atoms with Gasteiger partial charge in [-0.2, -0.15) is 0 Å². The number of fused-ring (bicyclic) bond motifs is 5. The van der Waals surface area contributed by atoms with Crippen molar-refractivity contribution in [2.24, 2.45) is 0 Å². The molecule has 3 fully saturated rings. The molecule has 2 N–H and O–H groups in total. The fourth-order valence-corrected chi connectivity index (χ4v) is 7.70. The highest BCUT2D eigenvalue weighted by Crippen LogP contribution is 2.47. The average Bonchev–Trinajstić information content (AvgIpc) is 3.78. The maximum Gasteiger partial charge on any atom is 0.264 e. The Kier molecular flexibility index (Phi) is 7.88. The predicted molar refractivity (Wildman–Crippen MR) is 173 cm³/mol. The van der Waals surface area contributed by atoms with Crippen LogP contribution in [0.5, 0.6) is 5.75 Å². The van der Waals surface area contributed by atoms with E-state index in [1.807, 2.05) is 35.1 Å². The number of ether oxygens (including phenoxy) is 1. The molecular weight excluding hydrogens is 608 g/mol. The van der Waals surface area contributed by atoms with Crippen LogP contribution in [0.4, 0.5) is 0 Å². The molecule has 0 atom stereocenters. The first-order chi connectivity index (χ1) is 22.2. The summed E-state index contributed by atoms with van der Waals surface area (Å²) in [7, 11) is -1.50. The van der Waals surface area contributed by atoms with E-state index in [9.17, 15) is 27.9 Å². The number of aromatic nitrogens is 1. The normalized spacial score (nSPS) is 19.2. The number of carbonyl (C=O) groups is 3. The minimum Gasteiger partial charge on any atom is -0.497 e. The largest absolute Gasteiger partial charge is 0.497 e. The second-order valence-corrected chi connectivity index (χ2v) is 13.6. The summed E-state index contributed by atoms with van der Waals surface area (Å²) in [5.41, 5.74) is 4.30. The van der Waals surface area contributed by atoms with Gasteiger partial charge in [-0.25, -0.2) is 8.42 Å². The van der Waals surface area contributed by atoms with Gasteiger partial charge in [0.25, 0.3) is 17.7 Å². The zero-order valence-electron chi connectivity index (χ0n) is 25.8. The van der Waals surface area contributed by atoms with Crippen molar-refractivity contribution < 1.29 is 32.6 Å². The van der Waals surface area contributed by atoms with E-state index < -0.39 is 22.4 Å². The van der Waals surface area contributed by atoms with Gasteiger partial charge < -0.3 is 24.2 Å². The van der Waals surface area contributed by atoms with Crippen molar-refractivity contribution in [1.29, 1.82) is 0 Å². The summed E-state index contributed by atoms with van der Waals surface area (Å²) in [6.45, 7) is 1.66. The molecule has 3 amide bonds. The zero-order valence-corrected chi connectivity index (χ0v) is 26.7. The van der Waals surface area contributed by atoms with E-state index in [1.165, 1.54) is 12.0 Å². The lowest BCUT2D eigenvalue weighted by molar-refractivity contribution is -0.146. The number of nitrogens with zero attached hydrogens (tertiary/aromatic N) is 3. The number of rotatable bonds is 6. The Bertz CT molecular complexity index is 1850. The van der Waals surface area contributed by atoms with Gasteiger partial charge in [-0.05, 0) is 79.1 Å². The SMILES string of the molecule is COc1ccc2c(c1)C=C(C(=O)N1CCN(C(=O)C3(O)CC3)CC1)Cn1c-2c(C2CCCCC2)c2ccc(C(=O)N[SH](=O)=O)cc21. The van der Waals surface area contributed by atoms with Crippen LogP contribution in [-0.4, -0.2) is 84.5 Å². The number of thiol groups is 1. The molecule has 2 aliphatic heterocycles. The van der Waals surface area contributed by atoms with Crippen molar-refractivity contribution in [2.45, 2.75) is 63.0 Å². The number of carbonyl (C=O) groups excluding carboxylic acids is 3. The number of hydrogen-bond acceptors (Lipinski definition) is 7. The number of piperazine rings is 1. The summed E-state index contributed by atoms with van der Waals surface area (Å²) in [6, 6.07) is 11.2. The van der Waals surface area contributed by atoms with Crippen molar-refractivity contribution in [1.82, 2.24) is 19.1 Å². The van der Waals surface area contributed by atoms with E-state index in [1.54, 1.807) is 29.0 Å². The fourth-order valence-electron chi connectivity index (χ4n) is 7.40. The van der Waals surface area contributed by atoms with Crippen molar-refractivity contribution in [3.8, 4) is 17.0 Å². The summed E-state index contributed by atoms with van der Waals surface area (Å²) >= 11 is 0. The van der Waals surface area contributed by atoms with Gasteiger partial charge in [0.1, 0.15) is 11.4 Å². The Balaban J connectivity index is 1.33. The molecule has 0 radical (unpaired) electrons. The number of aliphatic hydroxyl groups is 1. The number of hydrogen-bond donors (Lipinski definition) is 3. The third-order valence-electron chi connectivity index (χ3n) is 9.99. The van der Waals surface area contributed by atoms with Gasteiger partial charge in [0, 0.05) is 53.8 Å². The van der Waals surface area contributed by atoms with Gasteiger partial charge in [-0.15, -0.1) is 0 Å². The van der Waals surface area contributed by atoms with Crippen molar-refractivity contribution in [2.75, 3.05) is 33.3 Å². The molecule has 1 saturated heterocycles. The topological polar surface area (TPSA) is 138 Å². The minimum absolute atomic E-state index is 0.142. The van der Waals surface area contributed by atoms with Crippen LogP contribution in [0.2, 0.25) is 0 Å². The predicted octanol–water partition coefficient (Wildman–Crippen LogP) is 3.21. The molecule has 2 saturated carbocycles. The molecule has 46 heavy (non-hydrogen) atoms. The summed E-state index contributed by atoms with van der Waals surface area (Å²) in [6.07, 6.45) is 8.39. The molecular formula is C34H38N4O7S. The number of methoxy groups -OCH3 is 1. The van der Waals surface area contributed by atoms with E-state index >= 15 is 0 Å². The Labute approximate surface area is 268 Å². The maximum atomic E-state index is 14.2. The maximum absolute atomic E-state index is 14.2. The van der Waals surface area contributed by atoms with E-state index in [2.05, 4.69) is 4.57 Å². The summed E-state index contributed by atoms with van der Waals surface area (Å²) in [4.78, 5) is 43.2. The molecule has 4 aliphatic rings. The zero-order chi connectivity index (χ0) is 32.2. The van der Waals surface area contributed by atoms with Crippen LogP contribution >= 0.6 is 0 Å².